The topological polar surface area (TPSA) is 101 Å². The van der Waals surface area contributed by atoms with Crippen molar-refractivity contribution in [1.82, 2.24) is 9.97 Å². The van der Waals surface area contributed by atoms with Gasteiger partial charge < -0.3 is 15.0 Å². The summed E-state index contributed by atoms with van der Waals surface area (Å²) in [7, 11) is 0. The Balaban J connectivity index is 1.71. The van der Waals surface area contributed by atoms with Gasteiger partial charge in [0.05, 0.1) is 0 Å². The minimum atomic E-state index is -0.961. The number of rotatable bonds is 5. The van der Waals surface area contributed by atoms with E-state index in [1.165, 1.54) is 19.2 Å². The van der Waals surface area contributed by atoms with Gasteiger partial charge in [0.1, 0.15) is 0 Å². The Morgan fingerprint density at radius 3 is 2.80 bits per heavy atom. The van der Waals surface area contributed by atoms with Crippen LogP contribution in [0.15, 0.2) is 35.8 Å². The first-order valence-corrected chi connectivity index (χ1v) is 8.38. The van der Waals surface area contributed by atoms with Crippen molar-refractivity contribution in [2.24, 2.45) is 0 Å². The molecule has 2 aromatic heterocycles. The summed E-state index contributed by atoms with van der Waals surface area (Å²) in [6, 6.07) is 7.39. The third-order valence-corrected chi connectivity index (χ3v) is 4.26. The number of carbonyl (C=O) groups excluding carboxylic acids is 3. The second-order valence-corrected chi connectivity index (χ2v) is 6.24. The van der Waals surface area contributed by atoms with Crippen LogP contribution in [-0.2, 0) is 9.53 Å². The zero-order valence-corrected chi connectivity index (χ0v) is 14.3. The summed E-state index contributed by atoms with van der Waals surface area (Å²) in [4.78, 5) is 42.7. The Bertz CT molecular complexity index is 960. The van der Waals surface area contributed by atoms with Crippen LogP contribution in [0.4, 0.5) is 5.13 Å². The average Bonchev–Trinajstić information content (AvgIpc) is 3.20. The van der Waals surface area contributed by atoms with E-state index in [9.17, 15) is 14.4 Å². The number of fused-ring (bicyclic) bond motifs is 1. The number of amides is 1. The molecule has 1 unspecified atom stereocenters. The lowest BCUT2D eigenvalue weighted by Crippen LogP contribution is -2.24. The maximum Gasteiger partial charge on any atom is 0.358 e. The van der Waals surface area contributed by atoms with E-state index in [1.54, 1.807) is 6.20 Å². The lowest BCUT2D eigenvalue weighted by molar-refractivity contribution is -0.114. The number of benzene rings is 1. The molecule has 0 aliphatic rings. The molecule has 0 saturated heterocycles. The number of thiazole rings is 1. The van der Waals surface area contributed by atoms with Crippen LogP contribution in [0.1, 0.15) is 34.7 Å². The van der Waals surface area contributed by atoms with Crippen molar-refractivity contribution in [2.75, 3.05) is 5.32 Å². The number of carbonyl (C=O) groups is 3. The smallest absolute Gasteiger partial charge is 0.358 e. The minimum Gasteiger partial charge on any atom is -0.450 e. The van der Waals surface area contributed by atoms with Crippen LogP contribution in [0.5, 0.6) is 0 Å². The molecule has 1 amide bonds. The lowest BCUT2D eigenvalue weighted by atomic mass is 10.1. The third-order valence-electron chi connectivity index (χ3n) is 3.50. The van der Waals surface area contributed by atoms with Crippen molar-refractivity contribution in [3.05, 3.63) is 47.1 Å². The molecule has 2 N–H and O–H groups in total. The van der Waals surface area contributed by atoms with Gasteiger partial charge in [0, 0.05) is 35.0 Å². The number of aromatic amines is 1. The predicted molar refractivity (Wildman–Crippen MR) is 93.9 cm³/mol. The molecule has 7 nitrogen and oxygen atoms in total. The lowest BCUT2D eigenvalue weighted by Gasteiger charge is -2.10. The number of Topliss-reactive ketones (excluding diaryl/α,β-unsaturated/α-hetero) is 1. The molecule has 128 valence electrons. The van der Waals surface area contributed by atoms with Crippen molar-refractivity contribution >= 4 is 45.0 Å². The maximum atomic E-state index is 12.6. The van der Waals surface area contributed by atoms with Crippen LogP contribution in [0, 0.1) is 0 Å². The Labute approximate surface area is 147 Å². The molecule has 0 radical (unpaired) electrons. The molecule has 0 bridgehead atoms. The Morgan fingerprint density at radius 2 is 2.04 bits per heavy atom. The van der Waals surface area contributed by atoms with Gasteiger partial charge in [-0.25, -0.2) is 9.78 Å². The summed E-state index contributed by atoms with van der Waals surface area (Å²) in [5.41, 5.74) is 1.35. The highest BCUT2D eigenvalue weighted by Crippen LogP contribution is 2.21. The number of nitrogens with one attached hydrogen (secondary N) is 2. The van der Waals surface area contributed by atoms with E-state index >= 15 is 0 Å². The summed E-state index contributed by atoms with van der Waals surface area (Å²) >= 11 is 1.11. The van der Waals surface area contributed by atoms with E-state index in [0.717, 1.165) is 22.2 Å². The van der Waals surface area contributed by atoms with Crippen molar-refractivity contribution < 1.29 is 19.1 Å². The summed E-state index contributed by atoms with van der Waals surface area (Å²) in [6.45, 7) is 2.87. The largest absolute Gasteiger partial charge is 0.450 e. The molecule has 0 aliphatic heterocycles. The highest BCUT2D eigenvalue weighted by atomic mass is 32.1. The normalized spacial score (nSPS) is 11.9. The number of ketones is 1. The van der Waals surface area contributed by atoms with E-state index < -0.39 is 12.1 Å². The number of hydrogen-bond acceptors (Lipinski definition) is 6. The molecule has 0 saturated carbocycles. The highest BCUT2D eigenvalue weighted by molar-refractivity contribution is 7.14. The van der Waals surface area contributed by atoms with Crippen molar-refractivity contribution in [1.29, 1.82) is 0 Å². The summed E-state index contributed by atoms with van der Waals surface area (Å²) in [6.07, 6.45) is 0.646. The van der Waals surface area contributed by atoms with Crippen LogP contribution in [0.3, 0.4) is 0 Å². The van der Waals surface area contributed by atoms with Crippen LogP contribution in [0.25, 0.3) is 10.9 Å². The van der Waals surface area contributed by atoms with E-state index in [2.05, 4.69) is 15.3 Å². The maximum absolute atomic E-state index is 12.6. The average molecular weight is 357 g/mol. The number of H-pyrrole nitrogens is 1. The first kappa shape index (κ1) is 16.8. The van der Waals surface area contributed by atoms with Crippen molar-refractivity contribution in [3.8, 4) is 0 Å². The molecule has 1 atom stereocenters. The van der Waals surface area contributed by atoms with Gasteiger partial charge in [-0.1, -0.05) is 18.2 Å². The molecule has 0 spiro atoms. The number of esters is 1. The summed E-state index contributed by atoms with van der Waals surface area (Å²) in [5, 5.41) is 5.03. The molecule has 0 fully saturated rings. The molecule has 25 heavy (non-hydrogen) atoms. The summed E-state index contributed by atoms with van der Waals surface area (Å²) < 4.78 is 5.22. The van der Waals surface area contributed by atoms with E-state index in [-0.39, 0.29) is 17.4 Å². The Kier molecular flexibility index (Phi) is 4.62. The molecule has 3 rings (SSSR count). The van der Waals surface area contributed by atoms with Gasteiger partial charge in [-0.05, 0) is 13.0 Å². The molecule has 0 aliphatic carbocycles. The number of aromatic nitrogens is 2. The monoisotopic (exact) mass is 357 g/mol. The second-order valence-electron chi connectivity index (χ2n) is 5.38. The van der Waals surface area contributed by atoms with Gasteiger partial charge in [-0.3, -0.25) is 9.59 Å². The third kappa shape index (κ3) is 3.58. The number of anilines is 1. The first-order chi connectivity index (χ1) is 12.0. The van der Waals surface area contributed by atoms with E-state index in [4.69, 9.17) is 4.74 Å². The summed E-state index contributed by atoms with van der Waals surface area (Å²) in [5.74, 6) is -1.30. The van der Waals surface area contributed by atoms with Gasteiger partial charge in [0.2, 0.25) is 11.7 Å². The quantitative estimate of drug-likeness (QED) is 0.540. The molecule has 1 aromatic carbocycles. The molecule has 8 heteroatoms. The van der Waals surface area contributed by atoms with Crippen molar-refractivity contribution in [3.63, 3.8) is 0 Å². The van der Waals surface area contributed by atoms with Crippen LogP contribution >= 0.6 is 11.3 Å². The molecular formula is C17H15N3O4S. The Morgan fingerprint density at radius 1 is 1.28 bits per heavy atom. The zero-order valence-electron chi connectivity index (χ0n) is 13.5. The van der Waals surface area contributed by atoms with Gasteiger partial charge in [-0.15, -0.1) is 11.3 Å². The van der Waals surface area contributed by atoms with Crippen LogP contribution < -0.4 is 5.32 Å². The highest BCUT2D eigenvalue weighted by Gasteiger charge is 2.24. The van der Waals surface area contributed by atoms with Gasteiger partial charge in [0.25, 0.3) is 0 Å². The number of nitrogens with zero attached hydrogens (tertiary/aromatic N) is 1. The number of ether oxygens (including phenoxy) is 1. The number of para-hydroxylation sites is 1. The molecular weight excluding hydrogens is 342 g/mol. The van der Waals surface area contributed by atoms with Gasteiger partial charge in [0.15, 0.2) is 16.9 Å². The standard InChI is InChI=1S/C17H15N3O4S/c1-9(15(22)12-7-18-13-6-4-3-5-11(12)13)24-16(23)14-8-25-17(20-14)19-10(2)21/h3-9,18H,1-2H3,(H,19,20,21). The molecule has 3 aromatic rings. The first-order valence-electron chi connectivity index (χ1n) is 7.50. The van der Waals surface area contributed by atoms with Crippen LogP contribution in [-0.4, -0.2) is 33.7 Å². The fourth-order valence-corrected chi connectivity index (χ4v) is 3.07. The van der Waals surface area contributed by atoms with Gasteiger partial charge >= 0.3 is 5.97 Å². The van der Waals surface area contributed by atoms with Crippen LogP contribution in [0.2, 0.25) is 0 Å². The molecule has 2 heterocycles. The van der Waals surface area contributed by atoms with E-state index in [1.807, 2.05) is 24.3 Å². The fraction of sp³-hybridized carbons (Fsp3) is 0.176. The van der Waals surface area contributed by atoms with Crippen molar-refractivity contribution in [2.45, 2.75) is 20.0 Å². The fourth-order valence-electron chi connectivity index (χ4n) is 2.34. The second kappa shape index (κ2) is 6.86. The number of hydrogen-bond donors (Lipinski definition) is 2. The Hall–Kier alpha value is -3.00. The predicted octanol–water partition coefficient (Wildman–Crippen LogP) is 3.01. The zero-order chi connectivity index (χ0) is 18.0. The SMILES string of the molecule is CC(=O)Nc1nc(C(=O)OC(C)C(=O)c2c[nH]c3ccccc23)cs1. The minimum absolute atomic E-state index is 0.0485. The van der Waals surface area contributed by atoms with E-state index in [0.29, 0.717) is 10.7 Å². The van der Waals surface area contributed by atoms with Gasteiger partial charge in [-0.2, -0.15) is 0 Å².